The Morgan fingerprint density at radius 3 is 2.88 bits per heavy atom. The third-order valence-corrected chi connectivity index (χ3v) is 4.13. The quantitative estimate of drug-likeness (QED) is 0.756. The van der Waals surface area contributed by atoms with Crippen LogP contribution >= 0.6 is 12.4 Å². The van der Waals surface area contributed by atoms with Gasteiger partial charge in [-0.1, -0.05) is 35.5 Å². The zero-order valence-electron chi connectivity index (χ0n) is 13.3. The van der Waals surface area contributed by atoms with Gasteiger partial charge in [0.25, 0.3) is 5.89 Å². The van der Waals surface area contributed by atoms with Crippen LogP contribution in [0, 0.1) is 0 Å². The highest BCUT2D eigenvalue weighted by molar-refractivity contribution is 5.85. The van der Waals surface area contributed by atoms with Gasteiger partial charge in [0.2, 0.25) is 0 Å². The fraction of sp³-hybridized carbons (Fsp3) is 0.312. The Hall–Kier alpha value is -2.22. The number of likely N-dealkylation sites (N-methyl/N-ethyl adjacent to an activating group) is 1. The van der Waals surface area contributed by atoms with Crippen LogP contribution in [0.15, 0.2) is 40.9 Å². The molecule has 24 heavy (non-hydrogen) atoms. The third-order valence-electron chi connectivity index (χ3n) is 4.13. The molecule has 2 N–H and O–H groups in total. The van der Waals surface area contributed by atoms with Crippen molar-refractivity contribution in [3.05, 3.63) is 42.2 Å². The van der Waals surface area contributed by atoms with E-state index in [9.17, 15) is 0 Å². The van der Waals surface area contributed by atoms with Crippen LogP contribution < -0.4 is 5.32 Å². The topological polar surface area (TPSA) is 82.9 Å². The van der Waals surface area contributed by atoms with E-state index in [1.165, 1.54) is 0 Å². The third kappa shape index (κ3) is 3.19. The summed E-state index contributed by atoms with van der Waals surface area (Å²) in [6.45, 7) is 2.78. The minimum absolute atomic E-state index is 0. The van der Waals surface area contributed by atoms with E-state index in [-0.39, 0.29) is 18.4 Å². The van der Waals surface area contributed by atoms with Crippen molar-refractivity contribution in [2.75, 3.05) is 26.7 Å². The molecule has 2 aromatic heterocycles. The smallest absolute Gasteiger partial charge is 0.276 e. The summed E-state index contributed by atoms with van der Waals surface area (Å²) in [4.78, 5) is 6.76. The number of aromatic amines is 1. The number of nitrogens with zero attached hydrogens (tertiary/aromatic N) is 4. The van der Waals surface area contributed by atoms with E-state index in [4.69, 9.17) is 4.52 Å². The normalized spacial score (nSPS) is 18.3. The summed E-state index contributed by atoms with van der Waals surface area (Å²) in [6.07, 6.45) is 0. The van der Waals surface area contributed by atoms with E-state index in [0.717, 1.165) is 36.6 Å². The molecule has 0 saturated carbocycles. The Balaban J connectivity index is 0.00000169. The molecule has 3 aromatic rings. The maximum atomic E-state index is 5.41. The first-order valence-electron chi connectivity index (χ1n) is 7.67. The fourth-order valence-corrected chi connectivity index (χ4v) is 2.76. The molecule has 1 aliphatic rings. The van der Waals surface area contributed by atoms with Gasteiger partial charge in [-0.2, -0.15) is 10.1 Å². The number of nitrogens with one attached hydrogen (secondary N) is 2. The molecule has 0 bridgehead atoms. The number of rotatable bonds is 3. The van der Waals surface area contributed by atoms with Crippen LogP contribution in [-0.2, 0) is 0 Å². The van der Waals surface area contributed by atoms with Crippen molar-refractivity contribution in [2.45, 2.75) is 6.04 Å². The number of H-pyrrole nitrogens is 1. The molecular formula is C16H19ClN6O. The van der Waals surface area contributed by atoms with Crippen molar-refractivity contribution >= 4 is 12.4 Å². The van der Waals surface area contributed by atoms with Crippen molar-refractivity contribution in [1.82, 2.24) is 30.6 Å². The molecule has 4 rings (SSSR count). The summed E-state index contributed by atoms with van der Waals surface area (Å²) in [6, 6.07) is 12.0. The van der Waals surface area contributed by atoms with E-state index in [2.05, 4.69) is 37.6 Å². The Morgan fingerprint density at radius 2 is 2.08 bits per heavy atom. The molecule has 1 aliphatic heterocycles. The van der Waals surface area contributed by atoms with Crippen LogP contribution in [0.2, 0.25) is 0 Å². The maximum absolute atomic E-state index is 5.41. The highest BCUT2D eigenvalue weighted by Crippen LogP contribution is 2.24. The second-order valence-corrected chi connectivity index (χ2v) is 5.69. The summed E-state index contributed by atoms with van der Waals surface area (Å²) in [5.74, 6) is 1.17. The highest BCUT2D eigenvalue weighted by atomic mass is 35.5. The number of hydrogen-bond donors (Lipinski definition) is 2. The van der Waals surface area contributed by atoms with Gasteiger partial charge in [-0.3, -0.25) is 10.00 Å². The molecule has 0 radical (unpaired) electrons. The first-order chi connectivity index (χ1) is 11.3. The minimum Gasteiger partial charge on any atom is -0.332 e. The van der Waals surface area contributed by atoms with E-state index in [1.54, 1.807) is 0 Å². The van der Waals surface area contributed by atoms with Gasteiger partial charge in [0, 0.05) is 25.2 Å². The lowest BCUT2D eigenvalue weighted by Crippen LogP contribution is -2.44. The SMILES string of the molecule is CN1CCNCC1c1noc(-c2cc(-c3ccccc3)n[nH]2)n1.Cl. The number of aromatic nitrogens is 4. The molecule has 0 amide bonds. The second-order valence-electron chi connectivity index (χ2n) is 5.69. The number of piperazine rings is 1. The average molecular weight is 347 g/mol. The average Bonchev–Trinajstić information content (AvgIpc) is 3.25. The van der Waals surface area contributed by atoms with Gasteiger partial charge in [-0.05, 0) is 13.1 Å². The summed E-state index contributed by atoms with van der Waals surface area (Å²) in [5, 5.41) is 14.8. The Morgan fingerprint density at radius 1 is 1.25 bits per heavy atom. The summed E-state index contributed by atoms with van der Waals surface area (Å²) in [7, 11) is 2.07. The van der Waals surface area contributed by atoms with Crippen LogP contribution in [0.5, 0.6) is 0 Å². The van der Waals surface area contributed by atoms with Crippen LogP contribution in [0.25, 0.3) is 22.8 Å². The molecule has 1 saturated heterocycles. The van der Waals surface area contributed by atoms with Crippen LogP contribution in [0.4, 0.5) is 0 Å². The van der Waals surface area contributed by atoms with Gasteiger partial charge in [0.15, 0.2) is 5.82 Å². The molecule has 1 aromatic carbocycles. The van der Waals surface area contributed by atoms with Gasteiger partial charge < -0.3 is 9.84 Å². The predicted octanol–water partition coefficient (Wildman–Crippen LogP) is 2.12. The minimum atomic E-state index is 0. The monoisotopic (exact) mass is 346 g/mol. The first-order valence-corrected chi connectivity index (χ1v) is 7.67. The van der Waals surface area contributed by atoms with Gasteiger partial charge in [0.05, 0.1) is 11.7 Å². The molecule has 0 aliphatic carbocycles. The molecule has 1 atom stereocenters. The highest BCUT2D eigenvalue weighted by Gasteiger charge is 2.25. The Bertz CT molecular complexity index is 787. The van der Waals surface area contributed by atoms with Crippen LogP contribution in [0.1, 0.15) is 11.9 Å². The van der Waals surface area contributed by atoms with E-state index >= 15 is 0 Å². The fourth-order valence-electron chi connectivity index (χ4n) is 2.76. The lowest BCUT2D eigenvalue weighted by molar-refractivity contribution is 0.190. The number of benzene rings is 1. The molecular weight excluding hydrogens is 328 g/mol. The van der Waals surface area contributed by atoms with E-state index in [0.29, 0.717) is 11.7 Å². The molecule has 8 heteroatoms. The van der Waals surface area contributed by atoms with E-state index < -0.39 is 0 Å². The van der Waals surface area contributed by atoms with Crippen molar-refractivity contribution in [3.8, 4) is 22.8 Å². The summed E-state index contributed by atoms with van der Waals surface area (Å²) < 4.78 is 5.41. The van der Waals surface area contributed by atoms with Crippen LogP contribution in [-0.4, -0.2) is 51.9 Å². The number of hydrogen-bond acceptors (Lipinski definition) is 6. The summed E-state index contributed by atoms with van der Waals surface area (Å²) >= 11 is 0. The molecule has 7 nitrogen and oxygen atoms in total. The molecule has 3 heterocycles. The Labute approximate surface area is 145 Å². The van der Waals surface area contributed by atoms with Crippen LogP contribution in [0.3, 0.4) is 0 Å². The zero-order chi connectivity index (χ0) is 15.6. The zero-order valence-corrected chi connectivity index (χ0v) is 14.1. The van der Waals surface area contributed by atoms with Crippen molar-refractivity contribution < 1.29 is 4.52 Å². The molecule has 1 unspecified atom stereocenters. The van der Waals surface area contributed by atoms with Gasteiger partial charge >= 0.3 is 0 Å². The molecule has 126 valence electrons. The van der Waals surface area contributed by atoms with Gasteiger partial charge in [0.1, 0.15) is 5.69 Å². The first kappa shape index (κ1) is 16.6. The molecule has 0 spiro atoms. The lowest BCUT2D eigenvalue weighted by Gasteiger charge is -2.30. The predicted molar refractivity (Wildman–Crippen MR) is 92.8 cm³/mol. The maximum Gasteiger partial charge on any atom is 0.276 e. The van der Waals surface area contributed by atoms with Gasteiger partial charge in [-0.25, -0.2) is 0 Å². The van der Waals surface area contributed by atoms with Gasteiger partial charge in [-0.15, -0.1) is 12.4 Å². The Kier molecular flexibility index (Phi) is 4.94. The largest absolute Gasteiger partial charge is 0.332 e. The lowest BCUT2D eigenvalue weighted by atomic mass is 10.1. The van der Waals surface area contributed by atoms with Crippen molar-refractivity contribution in [1.29, 1.82) is 0 Å². The second kappa shape index (κ2) is 7.12. The van der Waals surface area contributed by atoms with Crippen molar-refractivity contribution in [3.63, 3.8) is 0 Å². The standard InChI is InChI=1S/C16H18N6O.ClH/c1-22-8-7-17-10-14(22)15-18-16(23-21-15)13-9-12(19-20-13)11-5-3-2-4-6-11;/h2-6,9,14,17H,7-8,10H2,1H3,(H,19,20);1H. The van der Waals surface area contributed by atoms with E-state index in [1.807, 2.05) is 36.4 Å². The summed E-state index contributed by atoms with van der Waals surface area (Å²) in [5.41, 5.74) is 2.64. The number of halogens is 1. The molecule has 1 fully saturated rings. The van der Waals surface area contributed by atoms with Crippen molar-refractivity contribution in [2.24, 2.45) is 0 Å².